The minimum Gasteiger partial charge on any atom is -0.348 e. The van der Waals surface area contributed by atoms with Crippen molar-refractivity contribution in [3.63, 3.8) is 0 Å². The third-order valence-corrected chi connectivity index (χ3v) is 4.05. The van der Waals surface area contributed by atoms with Crippen LogP contribution in [-0.4, -0.2) is 45.9 Å². The van der Waals surface area contributed by atoms with E-state index in [1.54, 1.807) is 18.5 Å². The number of benzene rings is 1. The van der Waals surface area contributed by atoms with Crippen molar-refractivity contribution in [2.45, 2.75) is 19.3 Å². The molecule has 0 spiro atoms. The summed E-state index contributed by atoms with van der Waals surface area (Å²) in [4.78, 5) is 11.8. The van der Waals surface area contributed by atoms with Gasteiger partial charge in [-0.2, -0.15) is 13.2 Å². The number of nitrogens with zero attached hydrogens (tertiary/aromatic N) is 3. The van der Waals surface area contributed by atoms with E-state index in [4.69, 9.17) is 0 Å². The van der Waals surface area contributed by atoms with Crippen LogP contribution in [0.2, 0.25) is 0 Å². The van der Waals surface area contributed by atoms with Crippen LogP contribution < -0.4 is 0 Å². The molecule has 1 N–H and O–H groups in total. The molecule has 0 radical (unpaired) electrons. The summed E-state index contributed by atoms with van der Waals surface area (Å²) in [6.07, 6.45) is -0.740. The van der Waals surface area contributed by atoms with Crippen molar-refractivity contribution in [2.24, 2.45) is 0 Å². The van der Waals surface area contributed by atoms with Gasteiger partial charge in [0.25, 0.3) is 0 Å². The van der Waals surface area contributed by atoms with E-state index in [1.807, 2.05) is 0 Å². The Morgan fingerprint density at radius 3 is 2.35 bits per heavy atom. The molecule has 1 aliphatic rings. The van der Waals surface area contributed by atoms with Crippen LogP contribution in [0.25, 0.3) is 0 Å². The molecule has 0 aliphatic carbocycles. The molecule has 0 amide bonds. The van der Waals surface area contributed by atoms with Crippen molar-refractivity contribution < 1.29 is 13.2 Å². The van der Waals surface area contributed by atoms with Gasteiger partial charge in [0.2, 0.25) is 0 Å². The number of halogens is 3. The molecular formula is C16H19F3N4. The van der Waals surface area contributed by atoms with Gasteiger partial charge < -0.3 is 4.98 Å². The molecule has 7 heteroatoms. The van der Waals surface area contributed by atoms with Crippen molar-refractivity contribution in [1.82, 2.24) is 19.8 Å². The number of imidazole rings is 1. The average Bonchev–Trinajstić information content (AvgIpc) is 3.02. The number of hydrogen-bond donors (Lipinski definition) is 1. The van der Waals surface area contributed by atoms with Crippen LogP contribution in [0, 0.1) is 0 Å². The first-order valence-corrected chi connectivity index (χ1v) is 7.60. The molecule has 0 saturated carbocycles. The lowest BCUT2D eigenvalue weighted by Crippen LogP contribution is -2.45. The quantitative estimate of drug-likeness (QED) is 0.939. The van der Waals surface area contributed by atoms with Gasteiger partial charge in [-0.1, -0.05) is 18.2 Å². The predicted molar refractivity (Wildman–Crippen MR) is 80.6 cm³/mol. The van der Waals surface area contributed by atoms with Crippen LogP contribution in [0.15, 0.2) is 36.7 Å². The zero-order valence-electron chi connectivity index (χ0n) is 12.7. The van der Waals surface area contributed by atoms with Gasteiger partial charge in [-0.25, -0.2) is 4.98 Å². The summed E-state index contributed by atoms with van der Waals surface area (Å²) < 4.78 is 38.2. The third kappa shape index (κ3) is 4.33. The van der Waals surface area contributed by atoms with E-state index in [0.717, 1.165) is 44.6 Å². The number of aromatic nitrogens is 2. The molecule has 0 unspecified atom stereocenters. The van der Waals surface area contributed by atoms with Crippen LogP contribution in [0.4, 0.5) is 13.2 Å². The lowest BCUT2D eigenvalue weighted by molar-refractivity contribution is -0.137. The van der Waals surface area contributed by atoms with Crippen molar-refractivity contribution >= 4 is 0 Å². The molecule has 1 aromatic carbocycles. The number of piperazine rings is 1. The van der Waals surface area contributed by atoms with Crippen LogP contribution in [0.3, 0.4) is 0 Å². The monoisotopic (exact) mass is 324 g/mol. The van der Waals surface area contributed by atoms with E-state index in [2.05, 4.69) is 19.8 Å². The van der Waals surface area contributed by atoms with Gasteiger partial charge in [0.15, 0.2) is 0 Å². The van der Waals surface area contributed by atoms with E-state index >= 15 is 0 Å². The second kappa shape index (κ2) is 6.72. The second-order valence-electron chi connectivity index (χ2n) is 5.79. The molecule has 124 valence electrons. The summed E-state index contributed by atoms with van der Waals surface area (Å²) in [6, 6.07) is 5.59. The van der Waals surface area contributed by atoms with Crippen LogP contribution >= 0.6 is 0 Å². The van der Waals surface area contributed by atoms with E-state index in [1.165, 1.54) is 12.1 Å². The number of aromatic amines is 1. The first-order chi connectivity index (χ1) is 11.0. The zero-order valence-corrected chi connectivity index (χ0v) is 12.7. The smallest absolute Gasteiger partial charge is 0.348 e. The molecule has 1 fully saturated rings. The lowest BCUT2D eigenvalue weighted by Gasteiger charge is -2.34. The first kappa shape index (κ1) is 16.0. The number of rotatable bonds is 4. The summed E-state index contributed by atoms with van der Waals surface area (Å²) >= 11 is 0. The summed E-state index contributed by atoms with van der Waals surface area (Å²) in [6.45, 7) is 4.80. The van der Waals surface area contributed by atoms with Crippen LogP contribution in [0.5, 0.6) is 0 Å². The number of hydrogen-bond acceptors (Lipinski definition) is 3. The molecule has 0 bridgehead atoms. The maximum Gasteiger partial charge on any atom is 0.416 e. The molecule has 2 heterocycles. The normalized spacial score (nSPS) is 17.5. The predicted octanol–water partition coefficient (Wildman–Crippen LogP) is 2.75. The Morgan fingerprint density at radius 1 is 1.04 bits per heavy atom. The largest absolute Gasteiger partial charge is 0.416 e. The summed E-state index contributed by atoms with van der Waals surface area (Å²) in [7, 11) is 0. The summed E-state index contributed by atoms with van der Waals surface area (Å²) in [5, 5.41) is 0. The van der Waals surface area contributed by atoms with Gasteiger partial charge in [-0.05, 0) is 11.6 Å². The lowest BCUT2D eigenvalue weighted by atomic mass is 10.1. The van der Waals surface area contributed by atoms with Gasteiger partial charge in [-0.15, -0.1) is 0 Å². The highest BCUT2D eigenvalue weighted by Gasteiger charge is 2.30. The Morgan fingerprint density at radius 2 is 1.74 bits per heavy atom. The highest BCUT2D eigenvalue weighted by Crippen LogP contribution is 2.29. The highest BCUT2D eigenvalue weighted by atomic mass is 19.4. The number of H-pyrrole nitrogens is 1. The molecule has 1 aliphatic heterocycles. The molecule has 1 saturated heterocycles. The van der Waals surface area contributed by atoms with E-state index in [-0.39, 0.29) is 0 Å². The Bertz CT molecular complexity index is 617. The van der Waals surface area contributed by atoms with Crippen molar-refractivity contribution in [3.8, 4) is 0 Å². The zero-order chi connectivity index (χ0) is 16.3. The van der Waals surface area contributed by atoms with Crippen molar-refractivity contribution in [1.29, 1.82) is 0 Å². The van der Waals surface area contributed by atoms with Gasteiger partial charge in [0.1, 0.15) is 5.82 Å². The minimum atomic E-state index is -4.28. The molecule has 23 heavy (non-hydrogen) atoms. The third-order valence-electron chi connectivity index (χ3n) is 4.05. The first-order valence-electron chi connectivity index (χ1n) is 7.60. The van der Waals surface area contributed by atoms with Gasteiger partial charge in [0.05, 0.1) is 12.1 Å². The maximum absolute atomic E-state index is 12.7. The average molecular weight is 324 g/mol. The Hall–Kier alpha value is -1.86. The fraction of sp³-hybridized carbons (Fsp3) is 0.438. The number of alkyl halides is 3. The second-order valence-corrected chi connectivity index (χ2v) is 5.79. The van der Waals surface area contributed by atoms with Crippen molar-refractivity contribution in [2.75, 3.05) is 26.2 Å². The fourth-order valence-electron chi connectivity index (χ4n) is 2.81. The molecule has 0 atom stereocenters. The Kier molecular flexibility index (Phi) is 4.68. The minimum absolute atomic E-state index is 0.554. The van der Waals surface area contributed by atoms with Crippen LogP contribution in [-0.2, 0) is 19.3 Å². The van der Waals surface area contributed by atoms with Crippen LogP contribution in [0.1, 0.15) is 17.0 Å². The maximum atomic E-state index is 12.7. The molecule has 1 aromatic heterocycles. The van der Waals surface area contributed by atoms with Gasteiger partial charge >= 0.3 is 6.18 Å². The summed E-state index contributed by atoms with van der Waals surface area (Å²) in [5.74, 6) is 0.941. The Labute approximate surface area is 132 Å². The molecule has 4 nitrogen and oxygen atoms in total. The molecular weight excluding hydrogens is 305 g/mol. The topological polar surface area (TPSA) is 35.2 Å². The Balaban J connectivity index is 1.52. The van der Waals surface area contributed by atoms with Gasteiger partial charge in [0, 0.05) is 45.1 Å². The highest BCUT2D eigenvalue weighted by molar-refractivity contribution is 5.25. The molecule has 3 rings (SSSR count). The standard InChI is InChI=1S/C16H19F3N4/c17-16(18,19)14-3-1-2-13(10-14)11-22-6-8-23(9-7-22)12-15-20-4-5-21-15/h1-5,10H,6-9,11-12H2,(H,20,21). The number of nitrogens with one attached hydrogen (secondary N) is 1. The SMILES string of the molecule is FC(F)(F)c1cccc(CN2CCN(Cc3ncc[nH]3)CC2)c1. The van der Waals surface area contributed by atoms with E-state index in [9.17, 15) is 13.2 Å². The summed E-state index contributed by atoms with van der Waals surface area (Å²) in [5.41, 5.74) is 0.130. The van der Waals surface area contributed by atoms with Crippen molar-refractivity contribution in [3.05, 3.63) is 53.6 Å². The van der Waals surface area contributed by atoms with E-state index < -0.39 is 11.7 Å². The fourth-order valence-corrected chi connectivity index (χ4v) is 2.81. The van der Waals surface area contributed by atoms with E-state index in [0.29, 0.717) is 12.1 Å². The van der Waals surface area contributed by atoms with Gasteiger partial charge in [-0.3, -0.25) is 9.80 Å². The molecule has 2 aromatic rings.